The van der Waals surface area contributed by atoms with E-state index in [1.54, 1.807) is 24.1 Å². The molecule has 1 aliphatic rings. The van der Waals surface area contributed by atoms with Crippen molar-refractivity contribution in [2.24, 2.45) is 0 Å². The van der Waals surface area contributed by atoms with E-state index in [1.165, 1.54) is 0 Å². The number of carbonyl (C=O) groups is 1. The van der Waals surface area contributed by atoms with E-state index in [9.17, 15) is 4.79 Å². The summed E-state index contributed by atoms with van der Waals surface area (Å²) in [5, 5.41) is 2.76. The van der Waals surface area contributed by atoms with Crippen molar-refractivity contribution in [2.75, 3.05) is 37.9 Å². The Morgan fingerprint density at radius 3 is 2.63 bits per heavy atom. The summed E-state index contributed by atoms with van der Waals surface area (Å²) in [5.74, 6) is 1.23. The number of ether oxygens (including phenoxy) is 2. The molecule has 0 radical (unpaired) electrons. The van der Waals surface area contributed by atoms with Crippen LogP contribution in [-0.2, 0) is 0 Å². The number of nitrogens with one attached hydrogen (secondary N) is 1. The van der Waals surface area contributed by atoms with Gasteiger partial charge in [-0.15, -0.1) is 0 Å². The highest BCUT2D eigenvalue weighted by Gasteiger charge is 2.15. The number of fused-ring (bicyclic) bond motifs is 1. The molecule has 3 N–H and O–H groups in total. The van der Waals surface area contributed by atoms with Gasteiger partial charge in [-0.1, -0.05) is 0 Å². The third kappa shape index (κ3) is 3.01. The van der Waals surface area contributed by atoms with Crippen molar-refractivity contribution < 1.29 is 14.3 Å². The quantitative estimate of drug-likeness (QED) is 0.801. The number of nitrogens with zero attached hydrogens (tertiary/aromatic N) is 1. The fourth-order valence-electron chi connectivity index (χ4n) is 1.69. The third-order valence-electron chi connectivity index (χ3n) is 2.98. The Morgan fingerprint density at radius 1 is 1.37 bits per heavy atom. The SMILES string of the molecule is CCN(C)C(=O)Nc1cc2c(cc1N)OCCCO2. The van der Waals surface area contributed by atoms with Crippen molar-refractivity contribution in [1.82, 2.24) is 4.90 Å². The van der Waals surface area contributed by atoms with Crippen LogP contribution in [0.25, 0.3) is 0 Å². The van der Waals surface area contributed by atoms with E-state index >= 15 is 0 Å². The Morgan fingerprint density at radius 2 is 2.00 bits per heavy atom. The zero-order chi connectivity index (χ0) is 13.8. The Hall–Kier alpha value is -2.11. The van der Waals surface area contributed by atoms with E-state index in [0.29, 0.717) is 42.6 Å². The summed E-state index contributed by atoms with van der Waals surface area (Å²) < 4.78 is 11.1. The van der Waals surface area contributed by atoms with Gasteiger partial charge in [-0.2, -0.15) is 0 Å². The van der Waals surface area contributed by atoms with Crippen LogP contribution in [0.5, 0.6) is 11.5 Å². The highest BCUT2D eigenvalue weighted by atomic mass is 16.5. The van der Waals surface area contributed by atoms with Gasteiger partial charge in [0.1, 0.15) is 0 Å². The minimum atomic E-state index is -0.205. The second-order valence-electron chi connectivity index (χ2n) is 4.38. The van der Waals surface area contributed by atoms with Gasteiger partial charge in [0.15, 0.2) is 11.5 Å². The first kappa shape index (κ1) is 13.3. The number of hydrogen-bond acceptors (Lipinski definition) is 4. The maximum Gasteiger partial charge on any atom is 0.321 e. The van der Waals surface area contributed by atoms with Crippen LogP contribution in [0.15, 0.2) is 12.1 Å². The van der Waals surface area contributed by atoms with Crippen LogP contribution >= 0.6 is 0 Å². The summed E-state index contributed by atoms with van der Waals surface area (Å²) in [4.78, 5) is 13.4. The van der Waals surface area contributed by atoms with E-state index in [-0.39, 0.29) is 6.03 Å². The molecule has 1 aliphatic heterocycles. The Kier molecular flexibility index (Phi) is 3.99. The topological polar surface area (TPSA) is 76.8 Å². The van der Waals surface area contributed by atoms with Gasteiger partial charge < -0.3 is 25.4 Å². The molecule has 0 aliphatic carbocycles. The lowest BCUT2D eigenvalue weighted by Crippen LogP contribution is -2.31. The van der Waals surface area contributed by atoms with E-state index in [2.05, 4.69) is 5.32 Å². The molecule has 1 heterocycles. The predicted octanol–water partition coefficient (Wildman–Crippen LogP) is 1.91. The van der Waals surface area contributed by atoms with Crippen LogP contribution in [0.3, 0.4) is 0 Å². The van der Waals surface area contributed by atoms with Gasteiger partial charge in [-0.3, -0.25) is 0 Å². The maximum atomic E-state index is 11.8. The molecular formula is C13H19N3O3. The number of anilines is 2. The van der Waals surface area contributed by atoms with Crippen LogP contribution in [0.1, 0.15) is 13.3 Å². The van der Waals surface area contributed by atoms with E-state index in [1.807, 2.05) is 6.92 Å². The number of urea groups is 1. The van der Waals surface area contributed by atoms with Crippen molar-refractivity contribution in [3.05, 3.63) is 12.1 Å². The minimum absolute atomic E-state index is 0.205. The van der Waals surface area contributed by atoms with Gasteiger partial charge in [-0.05, 0) is 6.92 Å². The minimum Gasteiger partial charge on any atom is -0.489 e. The number of rotatable bonds is 2. The molecule has 0 saturated carbocycles. The normalized spacial score (nSPS) is 13.6. The standard InChI is InChI=1S/C13H19N3O3/c1-3-16(2)13(17)15-10-8-12-11(7-9(10)14)18-5-4-6-19-12/h7-8H,3-6,14H2,1-2H3,(H,15,17). The fourth-order valence-corrected chi connectivity index (χ4v) is 1.69. The molecule has 19 heavy (non-hydrogen) atoms. The average molecular weight is 265 g/mol. The van der Waals surface area contributed by atoms with Crippen molar-refractivity contribution >= 4 is 17.4 Å². The summed E-state index contributed by atoms with van der Waals surface area (Å²) >= 11 is 0. The van der Waals surface area contributed by atoms with Crippen molar-refractivity contribution in [3.63, 3.8) is 0 Å². The molecule has 6 nitrogen and oxygen atoms in total. The summed E-state index contributed by atoms with van der Waals surface area (Å²) in [6.45, 7) is 3.73. The molecule has 1 aromatic rings. The lowest BCUT2D eigenvalue weighted by molar-refractivity contribution is 0.224. The zero-order valence-corrected chi connectivity index (χ0v) is 11.2. The molecule has 0 bridgehead atoms. The smallest absolute Gasteiger partial charge is 0.321 e. The highest BCUT2D eigenvalue weighted by Crippen LogP contribution is 2.36. The van der Waals surface area contributed by atoms with Gasteiger partial charge in [0.2, 0.25) is 0 Å². The van der Waals surface area contributed by atoms with Gasteiger partial charge in [0.05, 0.1) is 24.6 Å². The van der Waals surface area contributed by atoms with Crippen molar-refractivity contribution in [1.29, 1.82) is 0 Å². The van der Waals surface area contributed by atoms with E-state index in [0.717, 1.165) is 6.42 Å². The first-order valence-electron chi connectivity index (χ1n) is 6.33. The molecule has 0 fully saturated rings. The Bertz CT molecular complexity index is 476. The fraction of sp³-hybridized carbons (Fsp3) is 0.462. The summed E-state index contributed by atoms with van der Waals surface area (Å²) in [5.41, 5.74) is 6.91. The first-order chi connectivity index (χ1) is 9.11. The molecule has 1 aromatic carbocycles. The van der Waals surface area contributed by atoms with Crippen LogP contribution in [0, 0.1) is 0 Å². The maximum absolute atomic E-state index is 11.8. The number of carbonyl (C=O) groups excluding carboxylic acids is 1. The predicted molar refractivity (Wildman–Crippen MR) is 73.8 cm³/mol. The van der Waals surface area contributed by atoms with Crippen LogP contribution < -0.4 is 20.5 Å². The number of benzene rings is 1. The molecular weight excluding hydrogens is 246 g/mol. The van der Waals surface area contributed by atoms with Gasteiger partial charge in [-0.25, -0.2) is 4.79 Å². The van der Waals surface area contributed by atoms with Crippen molar-refractivity contribution in [3.8, 4) is 11.5 Å². The lowest BCUT2D eigenvalue weighted by Gasteiger charge is -2.18. The van der Waals surface area contributed by atoms with E-state index < -0.39 is 0 Å². The molecule has 0 atom stereocenters. The second kappa shape index (κ2) is 5.69. The molecule has 2 rings (SSSR count). The van der Waals surface area contributed by atoms with Gasteiger partial charge >= 0.3 is 6.03 Å². The first-order valence-corrected chi connectivity index (χ1v) is 6.33. The highest BCUT2D eigenvalue weighted by molar-refractivity contribution is 5.93. The number of nitrogens with two attached hydrogens (primary N) is 1. The zero-order valence-electron chi connectivity index (χ0n) is 11.2. The Balaban J connectivity index is 2.22. The molecule has 6 heteroatoms. The number of amides is 2. The Labute approximate surface area is 112 Å². The van der Waals surface area contributed by atoms with Gasteiger partial charge in [0, 0.05) is 32.1 Å². The lowest BCUT2D eigenvalue weighted by atomic mass is 10.2. The second-order valence-corrected chi connectivity index (χ2v) is 4.38. The monoisotopic (exact) mass is 265 g/mol. The summed E-state index contributed by atoms with van der Waals surface area (Å²) in [6.07, 6.45) is 0.828. The molecule has 0 aromatic heterocycles. The molecule has 0 spiro atoms. The average Bonchev–Trinajstić information content (AvgIpc) is 2.63. The number of hydrogen-bond donors (Lipinski definition) is 2. The van der Waals surface area contributed by atoms with Crippen LogP contribution in [0.2, 0.25) is 0 Å². The molecule has 0 saturated heterocycles. The van der Waals surface area contributed by atoms with Crippen LogP contribution in [-0.4, -0.2) is 37.7 Å². The van der Waals surface area contributed by atoms with E-state index in [4.69, 9.17) is 15.2 Å². The van der Waals surface area contributed by atoms with Gasteiger partial charge in [0.25, 0.3) is 0 Å². The molecule has 104 valence electrons. The van der Waals surface area contributed by atoms with Crippen molar-refractivity contribution in [2.45, 2.75) is 13.3 Å². The largest absolute Gasteiger partial charge is 0.489 e. The summed E-state index contributed by atoms with van der Waals surface area (Å²) in [7, 11) is 1.72. The summed E-state index contributed by atoms with van der Waals surface area (Å²) in [6, 6.07) is 3.18. The molecule has 0 unspecified atom stereocenters. The molecule has 2 amide bonds. The van der Waals surface area contributed by atoms with Crippen LogP contribution in [0.4, 0.5) is 16.2 Å². The third-order valence-corrected chi connectivity index (χ3v) is 2.98. The number of nitrogen functional groups attached to an aromatic ring is 1.